The van der Waals surface area contributed by atoms with Crippen molar-refractivity contribution >= 4 is 29.1 Å². The topological polar surface area (TPSA) is 91.6 Å². The van der Waals surface area contributed by atoms with Gasteiger partial charge in [-0.2, -0.15) is 0 Å². The third-order valence-corrected chi connectivity index (χ3v) is 6.10. The molecule has 2 aromatic carbocycles. The van der Waals surface area contributed by atoms with Crippen LogP contribution >= 0.6 is 11.6 Å². The standard InChI is InChI=1S/C25H23ClFN3O4/c26-18-6-4-16(5-7-18)12-24(33)30-14-17(15-31)11-22(30)25(34)28-21-9-8-19(13-20(21)27)29-10-2-1-3-23(29)32/h1-10,13,17,22,31H,11-12,14-15H2,(H,28,34)/t17-,22-/m1/s1. The van der Waals surface area contributed by atoms with E-state index in [0.717, 1.165) is 11.6 Å². The van der Waals surface area contributed by atoms with Crippen molar-refractivity contribution < 1.29 is 19.1 Å². The Labute approximate surface area is 200 Å². The van der Waals surface area contributed by atoms with Gasteiger partial charge in [-0.3, -0.25) is 19.0 Å². The van der Waals surface area contributed by atoms with Gasteiger partial charge in [0.05, 0.1) is 17.8 Å². The summed E-state index contributed by atoms with van der Waals surface area (Å²) in [6.07, 6.45) is 1.87. The molecule has 34 heavy (non-hydrogen) atoms. The fraction of sp³-hybridized carbons (Fsp3) is 0.240. The molecule has 1 saturated heterocycles. The van der Waals surface area contributed by atoms with E-state index in [9.17, 15) is 23.9 Å². The van der Waals surface area contributed by atoms with Crippen molar-refractivity contribution in [3.8, 4) is 5.69 Å². The van der Waals surface area contributed by atoms with E-state index in [2.05, 4.69) is 5.32 Å². The lowest BCUT2D eigenvalue weighted by molar-refractivity contribution is -0.136. The highest BCUT2D eigenvalue weighted by Crippen LogP contribution is 2.26. The number of carbonyl (C=O) groups excluding carboxylic acids is 2. The number of carbonyl (C=O) groups is 2. The first-order valence-electron chi connectivity index (χ1n) is 10.8. The molecular weight excluding hydrogens is 461 g/mol. The zero-order chi connectivity index (χ0) is 24.2. The van der Waals surface area contributed by atoms with Crippen LogP contribution in [0.2, 0.25) is 5.02 Å². The number of nitrogens with zero attached hydrogens (tertiary/aromatic N) is 2. The number of rotatable bonds is 6. The summed E-state index contributed by atoms with van der Waals surface area (Å²) < 4.78 is 16.1. The molecule has 0 saturated carbocycles. The van der Waals surface area contributed by atoms with Crippen molar-refractivity contribution in [1.29, 1.82) is 0 Å². The van der Waals surface area contributed by atoms with Gasteiger partial charge in [0.1, 0.15) is 11.9 Å². The summed E-state index contributed by atoms with van der Waals surface area (Å²) in [7, 11) is 0. The minimum atomic E-state index is -0.840. The molecule has 0 bridgehead atoms. The van der Waals surface area contributed by atoms with E-state index in [1.165, 1.54) is 33.9 Å². The zero-order valence-electron chi connectivity index (χ0n) is 18.2. The zero-order valence-corrected chi connectivity index (χ0v) is 18.9. The number of hydrogen-bond donors (Lipinski definition) is 2. The van der Waals surface area contributed by atoms with Crippen molar-refractivity contribution in [1.82, 2.24) is 9.47 Å². The van der Waals surface area contributed by atoms with Gasteiger partial charge < -0.3 is 15.3 Å². The fourth-order valence-corrected chi connectivity index (χ4v) is 4.20. The van der Waals surface area contributed by atoms with Crippen molar-refractivity contribution in [2.24, 2.45) is 5.92 Å². The average molecular weight is 484 g/mol. The van der Waals surface area contributed by atoms with Crippen LogP contribution in [0.5, 0.6) is 0 Å². The number of nitrogens with one attached hydrogen (secondary N) is 1. The summed E-state index contributed by atoms with van der Waals surface area (Å²) in [6, 6.07) is 14.7. The molecule has 2 heterocycles. The number of benzene rings is 2. The van der Waals surface area contributed by atoms with Crippen LogP contribution in [0.4, 0.5) is 10.1 Å². The molecule has 1 fully saturated rings. The molecule has 0 radical (unpaired) electrons. The second kappa shape index (κ2) is 10.2. The van der Waals surface area contributed by atoms with Crippen LogP contribution in [0.1, 0.15) is 12.0 Å². The first-order valence-corrected chi connectivity index (χ1v) is 11.2. The van der Waals surface area contributed by atoms with Gasteiger partial charge in [-0.15, -0.1) is 0 Å². The number of pyridine rings is 1. The van der Waals surface area contributed by atoms with Crippen LogP contribution in [0.3, 0.4) is 0 Å². The Morgan fingerprint density at radius 3 is 2.56 bits per heavy atom. The Kier molecular flexibility index (Phi) is 7.09. The second-order valence-corrected chi connectivity index (χ2v) is 8.65. The van der Waals surface area contributed by atoms with Crippen molar-refractivity contribution in [2.45, 2.75) is 18.9 Å². The van der Waals surface area contributed by atoms with Gasteiger partial charge in [0.2, 0.25) is 11.8 Å². The molecule has 0 unspecified atom stereocenters. The lowest BCUT2D eigenvalue weighted by Gasteiger charge is -2.24. The molecule has 2 N–H and O–H groups in total. The van der Waals surface area contributed by atoms with Crippen molar-refractivity contribution in [2.75, 3.05) is 18.5 Å². The molecule has 1 aromatic heterocycles. The normalized spacial score (nSPS) is 17.6. The van der Waals surface area contributed by atoms with Crippen LogP contribution in [-0.4, -0.2) is 45.6 Å². The lowest BCUT2D eigenvalue weighted by Crippen LogP contribution is -2.44. The molecule has 7 nitrogen and oxygen atoms in total. The van der Waals surface area contributed by atoms with Gasteiger partial charge in [0.15, 0.2) is 0 Å². The van der Waals surface area contributed by atoms with E-state index < -0.39 is 17.8 Å². The van der Waals surface area contributed by atoms with Crippen molar-refractivity contribution in [3.05, 3.63) is 93.6 Å². The maximum absolute atomic E-state index is 14.8. The van der Waals surface area contributed by atoms with Crippen LogP contribution in [0.25, 0.3) is 5.69 Å². The SMILES string of the molecule is O=C(Nc1ccc(-n2ccccc2=O)cc1F)[C@H]1C[C@@H](CO)CN1C(=O)Cc1ccc(Cl)cc1. The van der Waals surface area contributed by atoms with E-state index in [0.29, 0.717) is 10.7 Å². The summed E-state index contributed by atoms with van der Waals surface area (Å²) in [6.45, 7) is 0.0722. The summed E-state index contributed by atoms with van der Waals surface area (Å²) in [5.74, 6) is -1.76. The molecule has 0 aliphatic carbocycles. The number of anilines is 1. The van der Waals surface area contributed by atoms with E-state index in [-0.39, 0.29) is 49.1 Å². The minimum absolute atomic E-state index is 0.0599. The fourth-order valence-electron chi connectivity index (χ4n) is 4.07. The smallest absolute Gasteiger partial charge is 0.255 e. The molecule has 4 rings (SSSR count). The van der Waals surface area contributed by atoms with Crippen LogP contribution in [0.15, 0.2) is 71.7 Å². The highest BCUT2D eigenvalue weighted by molar-refractivity contribution is 6.30. The predicted molar refractivity (Wildman–Crippen MR) is 126 cm³/mol. The Bertz CT molecular complexity index is 1260. The van der Waals surface area contributed by atoms with Gasteiger partial charge in [-0.05, 0) is 42.3 Å². The summed E-state index contributed by atoms with van der Waals surface area (Å²) in [5, 5.41) is 12.7. The molecule has 2 amide bonds. The molecule has 176 valence electrons. The number of halogens is 2. The number of hydrogen-bond acceptors (Lipinski definition) is 4. The van der Waals surface area contributed by atoms with Crippen LogP contribution in [-0.2, 0) is 16.0 Å². The van der Waals surface area contributed by atoms with Crippen LogP contribution < -0.4 is 10.9 Å². The Morgan fingerprint density at radius 2 is 1.88 bits per heavy atom. The van der Waals surface area contributed by atoms with Gasteiger partial charge in [-0.1, -0.05) is 29.8 Å². The molecule has 1 aliphatic rings. The molecular formula is C25H23ClFN3O4. The van der Waals surface area contributed by atoms with Gasteiger partial charge in [0, 0.05) is 42.4 Å². The Hall–Kier alpha value is -3.49. The number of aliphatic hydroxyl groups excluding tert-OH is 1. The van der Waals surface area contributed by atoms with E-state index in [1.807, 2.05) is 0 Å². The third-order valence-electron chi connectivity index (χ3n) is 5.85. The quantitative estimate of drug-likeness (QED) is 0.564. The Morgan fingerprint density at radius 1 is 1.12 bits per heavy atom. The molecule has 1 aliphatic heterocycles. The molecule has 3 aromatic rings. The molecule has 0 spiro atoms. The largest absolute Gasteiger partial charge is 0.396 e. The predicted octanol–water partition coefficient (Wildman–Crippen LogP) is 3.02. The van der Waals surface area contributed by atoms with E-state index >= 15 is 0 Å². The van der Waals surface area contributed by atoms with Gasteiger partial charge in [0.25, 0.3) is 5.56 Å². The summed E-state index contributed by atoms with van der Waals surface area (Å²) in [5.41, 5.74) is 0.700. The maximum atomic E-state index is 14.8. The third kappa shape index (κ3) is 5.18. The van der Waals surface area contributed by atoms with Gasteiger partial charge in [-0.25, -0.2) is 4.39 Å². The number of amides is 2. The molecule has 2 atom stereocenters. The maximum Gasteiger partial charge on any atom is 0.255 e. The monoisotopic (exact) mass is 483 g/mol. The number of aromatic nitrogens is 1. The minimum Gasteiger partial charge on any atom is -0.396 e. The summed E-state index contributed by atoms with van der Waals surface area (Å²) >= 11 is 5.90. The first-order chi connectivity index (χ1) is 16.4. The van der Waals surface area contributed by atoms with Crippen molar-refractivity contribution in [3.63, 3.8) is 0 Å². The number of aliphatic hydroxyl groups is 1. The highest BCUT2D eigenvalue weighted by atomic mass is 35.5. The second-order valence-electron chi connectivity index (χ2n) is 8.21. The van der Waals surface area contributed by atoms with Crippen LogP contribution in [0, 0.1) is 11.7 Å². The lowest BCUT2D eigenvalue weighted by atomic mass is 10.1. The van der Waals surface area contributed by atoms with E-state index in [1.54, 1.807) is 36.4 Å². The Balaban J connectivity index is 1.50. The van der Waals surface area contributed by atoms with E-state index in [4.69, 9.17) is 11.6 Å². The average Bonchev–Trinajstić information content (AvgIpc) is 3.27. The van der Waals surface area contributed by atoms with Gasteiger partial charge >= 0.3 is 0 Å². The molecule has 9 heteroatoms. The highest BCUT2D eigenvalue weighted by Gasteiger charge is 2.39. The first kappa shape index (κ1) is 23.7. The summed E-state index contributed by atoms with van der Waals surface area (Å²) in [4.78, 5) is 39.4. The number of likely N-dealkylation sites (tertiary alicyclic amines) is 1.